The molecule has 0 atom stereocenters. The number of nitrogen functional groups attached to an aromatic ring is 1. The van der Waals surface area contributed by atoms with Crippen LogP contribution in [0.5, 0.6) is 11.6 Å². The van der Waals surface area contributed by atoms with Gasteiger partial charge < -0.3 is 10.2 Å². The van der Waals surface area contributed by atoms with E-state index in [2.05, 4.69) is 15.4 Å². The largest absolute Gasteiger partial charge is 0.436 e. The molecule has 0 aliphatic heterocycles. The van der Waals surface area contributed by atoms with Crippen molar-refractivity contribution in [2.45, 2.75) is 0 Å². The Labute approximate surface area is 118 Å². The minimum absolute atomic E-state index is 0.228. The van der Waals surface area contributed by atoms with Crippen LogP contribution in [0.4, 0.5) is 5.82 Å². The summed E-state index contributed by atoms with van der Waals surface area (Å²) in [5.41, 5.74) is 2.35. The summed E-state index contributed by atoms with van der Waals surface area (Å²) in [6.45, 7) is 0. The molecule has 0 spiro atoms. The number of anilines is 1. The number of nitrogens with zero attached hydrogens (tertiary/aromatic N) is 2. The fourth-order valence-corrected chi connectivity index (χ4v) is 1.74. The maximum Gasteiger partial charge on any atom is 0.239 e. The Morgan fingerprint density at radius 3 is 2.50 bits per heavy atom. The number of nitrogens with two attached hydrogens (primary N) is 1. The Kier molecular flexibility index (Phi) is 4.08. The van der Waals surface area contributed by atoms with Crippen LogP contribution < -0.4 is 16.0 Å². The van der Waals surface area contributed by atoms with E-state index in [-0.39, 0.29) is 5.88 Å². The second kappa shape index (κ2) is 5.58. The zero-order valence-electron chi connectivity index (χ0n) is 8.82. The third-order valence-electron chi connectivity index (χ3n) is 1.95. The van der Waals surface area contributed by atoms with Crippen molar-refractivity contribution >= 4 is 40.6 Å². The fraction of sp³-hybridized carbons (Fsp3) is 0. The van der Waals surface area contributed by atoms with Crippen LogP contribution in [-0.4, -0.2) is 9.97 Å². The second-order valence-corrected chi connectivity index (χ2v) is 4.41. The van der Waals surface area contributed by atoms with E-state index in [4.69, 9.17) is 45.4 Å². The molecule has 2 aromatic rings. The van der Waals surface area contributed by atoms with Crippen molar-refractivity contribution < 1.29 is 4.74 Å². The Bertz CT molecular complexity index is 579. The minimum atomic E-state index is 0.228. The highest BCUT2D eigenvalue weighted by Gasteiger charge is 2.09. The van der Waals surface area contributed by atoms with E-state index in [9.17, 15) is 0 Å². The van der Waals surface area contributed by atoms with E-state index in [0.717, 1.165) is 0 Å². The van der Waals surface area contributed by atoms with E-state index >= 15 is 0 Å². The summed E-state index contributed by atoms with van der Waals surface area (Å²) >= 11 is 17.7. The molecule has 1 aromatic carbocycles. The summed E-state index contributed by atoms with van der Waals surface area (Å²) < 4.78 is 5.44. The number of nitrogens with one attached hydrogen (secondary N) is 1. The molecule has 0 unspecified atom stereocenters. The van der Waals surface area contributed by atoms with Gasteiger partial charge in [0.25, 0.3) is 0 Å². The summed E-state index contributed by atoms with van der Waals surface area (Å²) in [5.74, 6) is 6.13. The average Bonchev–Trinajstić information content (AvgIpc) is 2.36. The van der Waals surface area contributed by atoms with Gasteiger partial charge in [0.15, 0.2) is 5.82 Å². The van der Waals surface area contributed by atoms with Crippen LogP contribution in [0.3, 0.4) is 0 Å². The maximum atomic E-state index is 5.97. The van der Waals surface area contributed by atoms with Crippen molar-refractivity contribution in [3.8, 4) is 11.6 Å². The first kappa shape index (κ1) is 13.2. The van der Waals surface area contributed by atoms with Gasteiger partial charge in [0, 0.05) is 6.07 Å². The number of hydrogen-bond donors (Lipinski definition) is 2. The van der Waals surface area contributed by atoms with Crippen molar-refractivity contribution in [1.82, 2.24) is 9.97 Å². The van der Waals surface area contributed by atoms with E-state index in [1.165, 1.54) is 24.5 Å². The maximum absolute atomic E-state index is 5.97. The lowest BCUT2D eigenvalue weighted by molar-refractivity contribution is 0.461. The molecule has 0 saturated heterocycles. The summed E-state index contributed by atoms with van der Waals surface area (Å²) in [4.78, 5) is 7.91. The molecule has 0 bridgehead atoms. The summed E-state index contributed by atoms with van der Waals surface area (Å²) in [5, 5.41) is 0.993. The van der Waals surface area contributed by atoms with Crippen molar-refractivity contribution in [3.63, 3.8) is 0 Å². The highest BCUT2D eigenvalue weighted by molar-refractivity contribution is 6.43. The first-order valence-corrected chi connectivity index (χ1v) is 5.84. The van der Waals surface area contributed by atoms with Gasteiger partial charge in [-0.1, -0.05) is 34.8 Å². The van der Waals surface area contributed by atoms with Gasteiger partial charge in [0.05, 0.1) is 27.5 Å². The van der Waals surface area contributed by atoms with Crippen molar-refractivity contribution in [3.05, 3.63) is 39.6 Å². The van der Waals surface area contributed by atoms with Gasteiger partial charge in [-0.05, 0) is 6.07 Å². The lowest BCUT2D eigenvalue weighted by atomic mass is 10.3. The molecule has 0 radical (unpaired) electrons. The number of rotatable bonds is 3. The van der Waals surface area contributed by atoms with Crippen LogP contribution in [0.25, 0.3) is 0 Å². The van der Waals surface area contributed by atoms with Gasteiger partial charge in [0.1, 0.15) is 5.75 Å². The molecule has 1 heterocycles. The predicted molar refractivity (Wildman–Crippen MR) is 71.4 cm³/mol. The van der Waals surface area contributed by atoms with Gasteiger partial charge in [-0.3, -0.25) is 4.98 Å². The van der Waals surface area contributed by atoms with Crippen LogP contribution >= 0.6 is 34.8 Å². The fourth-order valence-electron chi connectivity index (χ4n) is 1.16. The lowest BCUT2D eigenvalue weighted by Gasteiger charge is -2.08. The Balaban J connectivity index is 2.30. The van der Waals surface area contributed by atoms with E-state index < -0.39 is 0 Å². The highest BCUT2D eigenvalue weighted by atomic mass is 35.5. The van der Waals surface area contributed by atoms with Crippen LogP contribution in [0, 0.1) is 0 Å². The van der Waals surface area contributed by atoms with E-state index in [1.54, 1.807) is 0 Å². The molecule has 8 heteroatoms. The number of aromatic nitrogens is 2. The molecule has 2 rings (SSSR count). The normalized spacial score (nSPS) is 10.2. The zero-order chi connectivity index (χ0) is 13.1. The first-order chi connectivity index (χ1) is 8.60. The molecular formula is C10H7Cl3N4O. The third-order valence-corrected chi connectivity index (χ3v) is 2.97. The molecule has 0 aliphatic carbocycles. The molecule has 1 aromatic heterocycles. The molecule has 0 amide bonds. The van der Waals surface area contributed by atoms with Gasteiger partial charge in [-0.15, -0.1) is 0 Å². The number of benzene rings is 1. The van der Waals surface area contributed by atoms with Crippen LogP contribution in [-0.2, 0) is 0 Å². The summed E-state index contributed by atoms with van der Waals surface area (Å²) in [7, 11) is 0. The number of hydrazine groups is 1. The monoisotopic (exact) mass is 304 g/mol. The molecule has 0 saturated carbocycles. The zero-order valence-corrected chi connectivity index (χ0v) is 11.1. The quantitative estimate of drug-likeness (QED) is 0.516. The molecule has 3 N–H and O–H groups in total. The van der Waals surface area contributed by atoms with E-state index in [0.29, 0.717) is 26.6 Å². The standard InChI is InChI=1S/C10H7Cl3N4O/c11-5-1-7(13)8(2-6(5)12)18-10-4-15-3-9(16-10)17-14/h1-4H,14H2,(H,16,17). The van der Waals surface area contributed by atoms with Gasteiger partial charge in [0.2, 0.25) is 5.88 Å². The van der Waals surface area contributed by atoms with Crippen LogP contribution in [0.15, 0.2) is 24.5 Å². The van der Waals surface area contributed by atoms with Crippen molar-refractivity contribution in [1.29, 1.82) is 0 Å². The Morgan fingerprint density at radius 2 is 1.78 bits per heavy atom. The average molecular weight is 306 g/mol. The number of halogens is 3. The molecule has 18 heavy (non-hydrogen) atoms. The van der Waals surface area contributed by atoms with Crippen molar-refractivity contribution in [2.24, 2.45) is 5.84 Å². The Morgan fingerprint density at radius 1 is 1.06 bits per heavy atom. The summed E-state index contributed by atoms with van der Waals surface area (Å²) in [6.07, 6.45) is 2.86. The van der Waals surface area contributed by atoms with Crippen LogP contribution in [0.2, 0.25) is 15.1 Å². The molecule has 94 valence electrons. The van der Waals surface area contributed by atoms with Gasteiger partial charge >= 0.3 is 0 Å². The first-order valence-electron chi connectivity index (χ1n) is 4.71. The predicted octanol–water partition coefficient (Wildman–Crippen LogP) is 3.51. The molecular weight excluding hydrogens is 298 g/mol. The number of hydrogen-bond acceptors (Lipinski definition) is 5. The SMILES string of the molecule is NNc1cncc(Oc2cc(Cl)c(Cl)cc2Cl)n1. The van der Waals surface area contributed by atoms with E-state index in [1.807, 2.05) is 0 Å². The number of ether oxygens (including phenoxy) is 1. The lowest BCUT2D eigenvalue weighted by Crippen LogP contribution is -2.09. The van der Waals surface area contributed by atoms with Gasteiger partial charge in [-0.25, -0.2) is 5.84 Å². The molecule has 5 nitrogen and oxygen atoms in total. The third kappa shape index (κ3) is 2.94. The molecule has 0 aliphatic rings. The topological polar surface area (TPSA) is 73.1 Å². The highest BCUT2D eigenvalue weighted by Crippen LogP contribution is 2.35. The minimum Gasteiger partial charge on any atom is -0.436 e. The smallest absolute Gasteiger partial charge is 0.239 e. The van der Waals surface area contributed by atoms with Gasteiger partial charge in [-0.2, -0.15) is 4.98 Å². The van der Waals surface area contributed by atoms with Crippen LogP contribution in [0.1, 0.15) is 0 Å². The van der Waals surface area contributed by atoms with Crippen molar-refractivity contribution in [2.75, 3.05) is 5.43 Å². The molecule has 0 fully saturated rings. The second-order valence-electron chi connectivity index (χ2n) is 3.19. The summed E-state index contributed by atoms with van der Waals surface area (Å²) in [6, 6.07) is 2.98. The Hall–Kier alpha value is -1.27.